The highest BCUT2D eigenvalue weighted by Crippen LogP contribution is 2.39. The Morgan fingerprint density at radius 3 is 2.45 bits per heavy atom. The predicted molar refractivity (Wildman–Crippen MR) is 145 cm³/mol. The van der Waals surface area contributed by atoms with Crippen molar-refractivity contribution in [3.63, 3.8) is 0 Å². The van der Waals surface area contributed by atoms with E-state index in [0.29, 0.717) is 34.6 Å². The molecule has 1 aliphatic rings. The van der Waals surface area contributed by atoms with E-state index in [1.54, 1.807) is 6.33 Å². The quantitative estimate of drug-likeness (QED) is 0.190. The summed E-state index contributed by atoms with van der Waals surface area (Å²) in [5.74, 6) is -0.496. The Labute approximate surface area is 218 Å². The number of amides is 2. The number of nitrogens with one attached hydrogen (secondary N) is 3. The second kappa shape index (κ2) is 10.0. The van der Waals surface area contributed by atoms with Crippen LogP contribution in [-0.2, 0) is 23.2 Å². The smallest absolute Gasteiger partial charge is 0.270 e. The van der Waals surface area contributed by atoms with Crippen molar-refractivity contribution in [3.05, 3.63) is 106 Å². The highest BCUT2D eigenvalue weighted by molar-refractivity contribution is 6.37. The Morgan fingerprint density at radius 2 is 1.82 bits per heavy atom. The topological polar surface area (TPSA) is 131 Å². The summed E-state index contributed by atoms with van der Waals surface area (Å²) in [6.45, 7) is 1.83. The van der Waals surface area contributed by atoms with Crippen LogP contribution in [0.5, 0.6) is 0 Å². The number of carbonyl (C=O) groups excluding carboxylic acids is 2. The number of aromatic nitrogens is 2. The number of nitrogens with zero attached hydrogens (tertiary/aromatic N) is 3. The molecular formula is C28H24N6O4. The van der Waals surface area contributed by atoms with Crippen LogP contribution in [0.25, 0.3) is 22.5 Å². The number of carbonyl (C=O) groups is 2. The van der Waals surface area contributed by atoms with Crippen molar-refractivity contribution in [2.45, 2.75) is 13.5 Å². The van der Waals surface area contributed by atoms with Crippen LogP contribution in [-0.4, -0.2) is 26.3 Å². The average molecular weight is 509 g/mol. The molecule has 5 rings (SSSR count). The third-order valence-corrected chi connectivity index (χ3v) is 6.15. The van der Waals surface area contributed by atoms with Crippen LogP contribution in [0.2, 0.25) is 0 Å². The maximum absolute atomic E-state index is 13.2. The number of non-ortho nitro benzene ring substituents is 1. The molecule has 1 aliphatic heterocycles. The average Bonchev–Trinajstić information content (AvgIpc) is 3.48. The largest absolute Gasteiger partial charge is 0.354 e. The van der Waals surface area contributed by atoms with Gasteiger partial charge in [0.25, 0.3) is 11.6 Å². The Balaban J connectivity index is 1.57. The molecule has 2 heterocycles. The summed E-state index contributed by atoms with van der Waals surface area (Å²) in [5, 5.41) is 20.4. The Kier molecular flexibility index (Phi) is 6.44. The number of hydrogen-bond acceptors (Lipinski definition) is 6. The van der Waals surface area contributed by atoms with Crippen LogP contribution < -0.4 is 16.0 Å². The van der Waals surface area contributed by atoms with Crippen molar-refractivity contribution in [3.8, 4) is 11.3 Å². The number of anilines is 2. The Hall–Kier alpha value is -5.25. The first-order chi connectivity index (χ1) is 18.3. The van der Waals surface area contributed by atoms with Gasteiger partial charge in [-0.05, 0) is 29.3 Å². The van der Waals surface area contributed by atoms with Crippen LogP contribution in [0.1, 0.15) is 23.6 Å². The van der Waals surface area contributed by atoms with Gasteiger partial charge in [-0.25, -0.2) is 4.98 Å². The highest BCUT2D eigenvalue weighted by Gasteiger charge is 2.30. The fourth-order valence-corrected chi connectivity index (χ4v) is 4.24. The van der Waals surface area contributed by atoms with Gasteiger partial charge in [0.2, 0.25) is 5.91 Å². The fourth-order valence-electron chi connectivity index (χ4n) is 4.24. The van der Waals surface area contributed by atoms with Gasteiger partial charge in [-0.1, -0.05) is 36.4 Å². The molecule has 0 unspecified atom stereocenters. The normalized spacial score (nSPS) is 13.5. The number of benzene rings is 3. The molecule has 0 bridgehead atoms. The number of imidazole rings is 1. The van der Waals surface area contributed by atoms with E-state index in [2.05, 4.69) is 20.9 Å². The van der Waals surface area contributed by atoms with Crippen molar-refractivity contribution >= 4 is 40.1 Å². The fraction of sp³-hybridized carbons (Fsp3) is 0.107. The van der Waals surface area contributed by atoms with Gasteiger partial charge >= 0.3 is 0 Å². The van der Waals surface area contributed by atoms with Crippen molar-refractivity contribution in [1.29, 1.82) is 0 Å². The second-order valence-electron chi connectivity index (χ2n) is 8.92. The molecule has 38 heavy (non-hydrogen) atoms. The molecule has 2 amide bonds. The maximum Gasteiger partial charge on any atom is 0.270 e. The lowest BCUT2D eigenvalue weighted by atomic mass is 9.98. The molecule has 3 N–H and O–H groups in total. The number of rotatable bonds is 7. The van der Waals surface area contributed by atoms with Gasteiger partial charge in [0.1, 0.15) is 0 Å². The molecule has 0 fully saturated rings. The van der Waals surface area contributed by atoms with E-state index in [-0.39, 0.29) is 17.5 Å². The van der Waals surface area contributed by atoms with Crippen molar-refractivity contribution in [2.75, 3.05) is 10.6 Å². The highest BCUT2D eigenvalue weighted by atomic mass is 16.6. The van der Waals surface area contributed by atoms with Gasteiger partial charge in [0, 0.05) is 61.3 Å². The summed E-state index contributed by atoms with van der Waals surface area (Å²) in [6, 6.07) is 19.3. The van der Waals surface area contributed by atoms with E-state index in [4.69, 9.17) is 0 Å². The van der Waals surface area contributed by atoms with Gasteiger partial charge in [0.05, 0.1) is 28.2 Å². The van der Waals surface area contributed by atoms with E-state index in [1.165, 1.54) is 25.1 Å². The van der Waals surface area contributed by atoms with Crippen molar-refractivity contribution in [1.82, 2.24) is 14.9 Å². The molecule has 0 saturated heterocycles. The molecule has 0 saturated carbocycles. The summed E-state index contributed by atoms with van der Waals surface area (Å²) < 4.78 is 1.87. The number of fused-ring (bicyclic) bond motifs is 1. The van der Waals surface area contributed by atoms with E-state index >= 15 is 0 Å². The molecule has 0 radical (unpaired) electrons. The number of nitro groups is 1. The van der Waals surface area contributed by atoms with E-state index < -0.39 is 4.92 Å². The van der Waals surface area contributed by atoms with E-state index in [0.717, 1.165) is 22.5 Å². The molecule has 4 aromatic rings. The SMILES string of the molecule is CC(=O)NCc1ccc(C(Nc2ccc(-c3cn(C)cn3)cc2)=C2C(=O)Nc3ccc([N+](=O)[O-])cc32)cc1. The van der Waals surface area contributed by atoms with Crippen molar-refractivity contribution < 1.29 is 14.5 Å². The van der Waals surface area contributed by atoms with Gasteiger partial charge < -0.3 is 20.5 Å². The van der Waals surface area contributed by atoms with Gasteiger partial charge in [-0.3, -0.25) is 19.7 Å². The maximum atomic E-state index is 13.2. The number of aryl methyl sites for hydroxylation is 1. The summed E-state index contributed by atoms with van der Waals surface area (Å²) in [7, 11) is 1.90. The molecule has 0 atom stereocenters. The summed E-state index contributed by atoms with van der Waals surface area (Å²) >= 11 is 0. The summed E-state index contributed by atoms with van der Waals surface area (Å²) in [6.07, 6.45) is 3.65. The lowest BCUT2D eigenvalue weighted by Crippen LogP contribution is -2.18. The molecule has 190 valence electrons. The standard InChI is InChI=1S/C28H24N6O4/c1-17(35)29-14-18-3-5-20(6-4-18)27(26-23-13-22(34(37)38)11-12-24(23)32-28(26)36)31-21-9-7-19(8-10-21)25-15-33(2)16-30-25/h3-13,15-16,31H,14H2,1-2H3,(H,29,35)(H,32,36). The van der Waals surface area contributed by atoms with E-state index in [1.807, 2.05) is 66.3 Å². The van der Waals surface area contributed by atoms with Gasteiger partial charge in [-0.15, -0.1) is 0 Å². The zero-order valence-corrected chi connectivity index (χ0v) is 20.7. The zero-order chi connectivity index (χ0) is 26.8. The van der Waals surface area contributed by atoms with E-state index in [9.17, 15) is 19.7 Å². The van der Waals surface area contributed by atoms with Crippen molar-refractivity contribution in [2.24, 2.45) is 7.05 Å². The van der Waals surface area contributed by atoms with Crippen LogP contribution in [0.4, 0.5) is 17.1 Å². The first-order valence-electron chi connectivity index (χ1n) is 11.8. The molecule has 0 spiro atoms. The second-order valence-corrected chi connectivity index (χ2v) is 8.92. The predicted octanol–water partition coefficient (Wildman–Crippen LogP) is 4.56. The molecular weight excluding hydrogens is 484 g/mol. The molecule has 1 aromatic heterocycles. The van der Waals surface area contributed by atoms with Crippen LogP contribution in [0, 0.1) is 10.1 Å². The Morgan fingerprint density at radius 1 is 1.08 bits per heavy atom. The first kappa shape index (κ1) is 24.4. The minimum atomic E-state index is -0.485. The third-order valence-electron chi connectivity index (χ3n) is 6.15. The third kappa shape index (κ3) is 5.00. The van der Waals surface area contributed by atoms with Gasteiger partial charge in [-0.2, -0.15) is 0 Å². The molecule has 10 heteroatoms. The first-order valence-corrected chi connectivity index (χ1v) is 11.8. The number of hydrogen-bond donors (Lipinski definition) is 3. The molecule has 3 aromatic carbocycles. The zero-order valence-electron chi connectivity index (χ0n) is 20.7. The lowest BCUT2D eigenvalue weighted by molar-refractivity contribution is -0.384. The Bertz CT molecular complexity index is 1590. The molecule has 0 aliphatic carbocycles. The summed E-state index contributed by atoms with van der Waals surface area (Å²) in [4.78, 5) is 39.8. The number of nitro benzene ring substituents is 1. The van der Waals surface area contributed by atoms with Crippen LogP contribution in [0.3, 0.4) is 0 Å². The summed E-state index contributed by atoms with van der Waals surface area (Å²) in [5.41, 5.74) is 5.72. The van der Waals surface area contributed by atoms with Crippen LogP contribution in [0.15, 0.2) is 79.3 Å². The van der Waals surface area contributed by atoms with Crippen LogP contribution >= 0.6 is 0 Å². The molecule has 10 nitrogen and oxygen atoms in total. The minimum absolute atomic E-state index is 0.109. The minimum Gasteiger partial charge on any atom is -0.354 e. The lowest BCUT2D eigenvalue weighted by Gasteiger charge is -2.16. The van der Waals surface area contributed by atoms with Gasteiger partial charge in [0.15, 0.2) is 0 Å². The monoisotopic (exact) mass is 508 g/mol.